The van der Waals surface area contributed by atoms with E-state index in [0.29, 0.717) is 5.69 Å². The first-order chi connectivity index (χ1) is 10.6. The molecule has 0 aliphatic carbocycles. The van der Waals surface area contributed by atoms with Gasteiger partial charge in [0.1, 0.15) is 0 Å². The topological polar surface area (TPSA) is 75.9 Å². The average Bonchev–Trinajstić information content (AvgIpc) is 2.98. The Morgan fingerprint density at radius 3 is 2.95 bits per heavy atom. The highest BCUT2D eigenvalue weighted by atomic mass is 16.5. The maximum Gasteiger partial charge on any atom is 0.259 e. The Hall–Kier alpha value is -3.02. The second-order valence-corrected chi connectivity index (χ2v) is 4.90. The van der Waals surface area contributed by atoms with Gasteiger partial charge in [0.25, 0.3) is 5.91 Å². The number of hydrogen-bond acceptors (Lipinski definition) is 4. The van der Waals surface area contributed by atoms with Crippen molar-refractivity contribution in [3.05, 3.63) is 53.9 Å². The molecule has 2 aromatic heterocycles. The number of hydrogen-bond donors (Lipinski definition) is 2. The summed E-state index contributed by atoms with van der Waals surface area (Å²) in [6.07, 6.45) is 3.44. The van der Waals surface area contributed by atoms with E-state index in [9.17, 15) is 9.90 Å². The summed E-state index contributed by atoms with van der Waals surface area (Å²) in [4.78, 5) is 12.5. The Morgan fingerprint density at radius 2 is 2.18 bits per heavy atom. The molecular weight excluding hydrogens is 282 g/mol. The predicted molar refractivity (Wildman–Crippen MR) is 82.5 cm³/mol. The van der Waals surface area contributed by atoms with Crippen molar-refractivity contribution in [1.82, 2.24) is 9.61 Å². The van der Waals surface area contributed by atoms with E-state index in [1.165, 1.54) is 7.11 Å². The van der Waals surface area contributed by atoms with E-state index in [1.54, 1.807) is 47.2 Å². The lowest BCUT2D eigenvalue weighted by atomic mass is 10.1. The minimum absolute atomic E-state index is 0.165. The van der Waals surface area contributed by atoms with E-state index in [4.69, 9.17) is 4.74 Å². The fourth-order valence-corrected chi connectivity index (χ4v) is 2.32. The number of aryl methyl sites for hydroxylation is 1. The molecule has 6 nitrogen and oxygen atoms in total. The number of methoxy groups -OCH3 is 1. The van der Waals surface area contributed by atoms with Crippen LogP contribution in [0.3, 0.4) is 0 Å². The second kappa shape index (κ2) is 5.40. The van der Waals surface area contributed by atoms with E-state index < -0.39 is 5.91 Å². The largest absolute Gasteiger partial charge is 0.504 e. The number of carbonyl (C=O) groups is 1. The normalized spacial score (nSPS) is 10.6. The summed E-state index contributed by atoms with van der Waals surface area (Å²) in [6.45, 7) is 1.83. The van der Waals surface area contributed by atoms with Crippen LogP contribution in [0.1, 0.15) is 15.9 Å². The van der Waals surface area contributed by atoms with Gasteiger partial charge < -0.3 is 15.2 Å². The molecule has 3 rings (SSSR count). The molecule has 0 unspecified atom stereocenters. The third-order valence-electron chi connectivity index (χ3n) is 3.37. The van der Waals surface area contributed by atoms with Gasteiger partial charge in [0.15, 0.2) is 11.5 Å². The Morgan fingerprint density at radius 1 is 1.36 bits per heavy atom. The van der Waals surface area contributed by atoms with E-state index in [0.717, 1.165) is 11.1 Å². The first-order valence-electron chi connectivity index (χ1n) is 6.71. The van der Waals surface area contributed by atoms with Crippen LogP contribution >= 0.6 is 0 Å². The van der Waals surface area contributed by atoms with Crippen LogP contribution in [0.25, 0.3) is 5.52 Å². The van der Waals surface area contributed by atoms with Crippen LogP contribution in [-0.2, 0) is 0 Å². The lowest BCUT2D eigenvalue weighted by Gasteiger charge is -2.11. The van der Waals surface area contributed by atoms with Crippen molar-refractivity contribution in [3.63, 3.8) is 0 Å². The minimum atomic E-state index is -0.409. The molecule has 0 radical (unpaired) electrons. The molecule has 0 atom stereocenters. The van der Waals surface area contributed by atoms with Gasteiger partial charge in [-0.15, -0.1) is 0 Å². The molecule has 0 aliphatic heterocycles. The number of nitrogens with one attached hydrogen (secondary N) is 1. The van der Waals surface area contributed by atoms with Crippen molar-refractivity contribution in [2.24, 2.45) is 0 Å². The van der Waals surface area contributed by atoms with E-state index in [2.05, 4.69) is 10.4 Å². The van der Waals surface area contributed by atoms with Crippen molar-refractivity contribution in [2.45, 2.75) is 6.92 Å². The van der Waals surface area contributed by atoms with E-state index >= 15 is 0 Å². The molecule has 0 saturated carbocycles. The monoisotopic (exact) mass is 297 g/mol. The fourth-order valence-electron chi connectivity index (χ4n) is 2.32. The maximum absolute atomic E-state index is 12.5. The van der Waals surface area contributed by atoms with Gasteiger partial charge in [-0.2, -0.15) is 5.10 Å². The average molecular weight is 297 g/mol. The predicted octanol–water partition coefficient (Wildman–Crippen LogP) is 2.61. The third kappa shape index (κ3) is 2.35. The molecule has 22 heavy (non-hydrogen) atoms. The Kier molecular flexibility index (Phi) is 3.42. The Balaban J connectivity index is 1.98. The van der Waals surface area contributed by atoms with E-state index in [-0.39, 0.29) is 17.1 Å². The van der Waals surface area contributed by atoms with Crippen molar-refractivity contribution < 1.29 is 14.6 Å². The molecule has 1 aromatic carbocycles. The van der Waals surface area contributed by atoms with Gasteiger partial charge in [-0.3, -0.25) is 4.79 Å². The highest BCUT2D eigenvalue weighted by Crippen LogP contribution is 2.32. The highest BCUT2D eigenvalue weighted by molar-refractivity contribution is 6.08. The van der Waals surface area contributed by atoms with E-state index in [1.807, 2.05) is 6.92 Å². The summed E-state index contributed by atoms with van der Waals surface area (Å²) < 4.78 is 6.74. The number of anilines is 1. The van der Waals surface area contributed by atoms with Crippen LogP contribution in [0.2, 0.25) is 0 Å². The molecular formula is C16H15N3O3. The number of phenols is 1. The third-order valence-corrected chi connectivity index (χ3v) is 3.37. The standard InChI is InChI=1S/C16H15N3O3/c1-10-8-11(15(20)14(9-10)22-2)16(21)18-12-4-3-7-19-13(12)5-6-17-19/h3-9,20H,1-2H3,(H,18,21). The molecule has 0 fully saturated rings. The number of aromatic hydroxyl groups is 1. The summed E-state index contributed by atoms with van der Waals surface area (Å²) >= 11 is 0. The van der Waals surface area contributed by atoms with Crippen LogP contribution in [0.5, 0.6) is 11.5 Å². The summed E-state index contributed by atoms with van der Waals surface area (Å²) in [5, 5.41) is 17.0. The molecule has 6 heteroatoms. The fraction of sp³-hybridized carbons (Fsp3) is 0.125. The molecule has 2 heterocycles. The van der Waals surface area contributed by atoms with Crippen LogP contribution in [-0.4, -0.2) is 27.7 Å². The van der Waals surface area contributed by atoms with Gasteiger partial charge in [0.2, 0.25) is 0 Å². The molecule has 1 amide bonds. The number of benzene rings is 1. The number of carbonyl (C=O) groups excluding carboxylic acids is 1. The van der Waals surface area contributed by atoms with Crippen LogP contribution in [0.4, 0.5) is 5.69 Å². The summed E-state index contributed by atoms with van der Waals surface area (Å²) in [7, 11) is 1.45. The number of pyridine rings is 1. The van der Waals surface area contributed by atoms with Gasteiger partial charge in [0.05, 0.1) is 30.1 Å². The lowest BCUT2D eigenvalue weighted by Crippen LogP contribution is -2.13. The van der Waals surface area contributed by atoms with Crippen LogP contribution < -0.4 is 10.1 Å². The number of fused-ring (bicyclic) bond motifs is 1. The van der Waals surface area contributed by atoms with Crippen molar-refractivity contribution in [2.75, 3.05) is 12.4 Å². The smallest absolute Gasteiger partial charge is 0.259 e. The van der Waals surface area contributed by atoms with Crippen LogP contribution in [0, 0.1) is 6.92 Å². The zero-order valence-electron chi connectivity index (χ0n) is 12.2. The number of ether oxygens (including phenoxy) is 1. The Bertz CT molecular complexity index is 855. The zero-order valence-corrected chi connectivity index (χ0v) is 12.2. The number of rotatable bonds is 3. The summed E-state index contributed by atoms with van der Waals surface area (Å²) in [5.41, 5.74) is 2.38. The molecule has 0 aliphatic rings. The number of amides is 1. The van der Waals surface area contributed by atoms with Gasteiger partial charge in [0, 0.05) is 6.20 Å². The molecule has 3 aromatic rings. The number of aromatic nitrogens is 2. The van der Waals surface area contributed by atoms with Gasteiger partial charge in [-0.05, 0) is 42.8 Å². The molecule has 0 spiro atoms. The lowest BCUT2D eigenvalue weighted by molar-refractivity contribution is 0.102. The van der Waals surface area contributed by atoms with Crippen molar-refractivity contribution in [3.8, 4) is 11.5 Å². The van der Waals surface area contributed by atoms with Gasteiger partial charge in [-0.25, -0.2) is 4.52 Å². The van der Waals surface area contributed by atoms with Crippen molar-refractivity contribution >= 4 is 17.1 Å². The quantitative estimate of drug-likeness (QED) is 0.779. The van der Waals surface area contributed by atoms with Gasteiger partial charge >= 0.3 is 0 Å². The zero-order chi connectivity index (χ0) is 15.7. The molecule has 2 N–H and O–H groups in total. The first-order valence-corrected chi connectivity index (χ1v) is 6.71. The van der Waals surface area contributed by atoms with Crippen molar-refractivity contribution in [1.29, 1.82) is 0 Å². The second-order valence-electron chi connectivity index (χ2n) is 4.90. The SMILES string of the molecule is COc1cc(C)cc(C(=O)Nc2cccn3nccc23)c1O. The molecule has 0 bridgehead atoms. The number of nitrogens with zero attached hydrogens (tertiary/aromatic N) is 2. The number of phenolic OH excluding ortho intramolecular Hbond substituents is 1. The van der Waals surface area contributed by atoms with Crippen LogP contribution in [0.15, 0.2) is 42.7 Å². The molecule has 0 saturated heterocycles. The molecule has 112 valence electrons. The first kappa shape index (κ1) is 13.9. The highest BCUT2D eigenvalue weighted by Gasteiger charge is 2.17. The maximum atomic E-state index is 12.5. The summed E-state index contributed by atoms with van der Waals surface area (Å²) in [6, 6.07) is 8.64. The Labute approximate surface area is 127 Å². The van der Waals surface area contributed by atoms with Gasteiger partial charge in [-0.1, -0.05) is 0 Å². The minimum Gasteiger partial charge on any atom is -0.504 e. The summed E-state index contributed by atoms with van der Waals surface area (Å²) in [5.74, 6) is -0.312.